The third-order valence-corrected chi connectivity index (χ3v) is 6.14. The van der Waals surface area contributed by atoms with Gasteiger partial charge in [0, 0.05) is 12.6 Å². The van der Waals surface area contributed by atoms with Crippen LogP contribution in [0.4, 0.5) is 5.69 Å². The van der Waals surface area contributed by atoms with Crippen molar-refractivity contribution in [1.82, 2.24) is 0 Å². The molecule has 0 aromatic heterocycles. The van der Waals surface area contributed by atoms with Crippen LogP contribution < -0.4 is 9.04 Å². The van der Waals surface area contributed by atoms with Crippen LogP contribution in [-0.2, 0) is 10.0 Å². The van der Waals surface area contributed by atoms with Gasteiger partial charge in [-0.05, 0) is 67.6 Å². The highest BCUT2D eigenvalue weighted by molar-refractivity contribution is 7.92. The van der Waals surface area contributed by atoms with Gasteiger partial charge in [-0.2, -0.15) is 0 Å². The van der Waals surface area contributed by atoms with Crippen molar-refractivity contribution in [2.24, 2.45) is 0 Å². The Bertz CT molecular complexity index is 1120. The van der Waals surface area contributed by atoms with E-state index in [1.807, 2.05) is 0 Å². The van der Waals surface area contributed by atoms with Crippen LogP contribution in [0.2, 0.25) is 0 Å². The van der Waals surface area contributed by atoms with E-state index in [-0.39, 0.29) is 16.2 Å². The molecule has 0 spiro atoms. The summed E-state index contributed by atoms with van der Waals surface area (Å²) in [6.45, 7) is 1.45. The van der Waals surface area contributed by atoms with Gasteiger partial charge in [-0.25, -0.2) is 13.2 Å². The summed E-state index contributed by atoms with van der Waals surface area (Å²) < 4.78 is 32.0. The van der Waals surface area contributed by atoms with E-state index in [4.69, 9.17) is 4.74 Å². The molecule has 0 aliphatic carbocycles. The number of esters is 1. The first-order chi connectivity index (χ1) is 13.8. The van der Waals surface area contributed by atoms with E-state index in [0.717, 1.165) is 0 Å². The lowest BCUT2D eigenvalue weighted by Crippen LogP contribution is -2.26. The molecule has 6 nitrogen and oxygen atoms in total. The van der Waals surface area contributed by atoms with Crippen LogP contribution in [0.1, 0.15) is 27.6 Å². The summed E-state index contributed by atoms with van der Waals surface area (Å²) in [7, 11) is -2.29. The Morgan fingerprint density at radius 2 is 1.34 bits per heavy atom. The number of nitrogens with zero attached hydrogens (tertiary/aromatic N) is 1. The molecule has 3 aromatic carbocycles. The van der Waals surface area contributed by atoms with Gasteiger partial charge in [0.2, 0.25) is 0 Å². The van der Waals surface area contributed by atoms with Gasteiger partial charge in [0.15, 0.2) is 5.78 Å². The Balaban J connectivity index is 1.75. The van der Waals surface area contributed by atoms with Crippen molar-refractivity contribution in [1.29, 1.82) is 0 Å². The maximum atomic E-state index is 12.8. The average Bonchev–Trinajstić information content (AvgIpc) is 2.74. The zero-order chi connectivity index (χ0) is 21.0. The third kappa shape index (κ3) is 4.52. The molecule has 0 amide bonds. The summed E-state index contributed by atoms with van der Waals surface area (Å²) in [4.78, 5) is 23.7. The Morgan fingerprint density at radius 3 is 1.90 bits per heavy atom. The van der Waals surface area contributed by atoms with E-state index in [2.05, 4.69) is 0 Å². The first kappa shape index (κ1) is 20.3. The quantitative estimate of drug-likeness (QED) is 0.350. The lowest BCUT2D eigenvalue weighted by atomic mass is 10.1. The Hall–Kier alpha value is -3.45. The summed E-state index contributed by atoms with van der Waals surface area (Å²) in [5.74, 6) is -0.415. The third-order valence-electron chi connectivity index (χ3n) is 4.34. The molecular weight excluding hydrogens is 390 g/mol. The molecule has 0 saturated carbocycles. The summed E-state index contributed by atoms with van der Waals surface area (Å²) in [6, 6.07) is 20.4. The molecule has 3 aromatic rings. The maximum absolute atomic E-state index is 12.8. The van der Waals surface area contributed by atoms with E-state index in [0.29, 0.717) is 17.0 Å². The molecule has 0 heterocycles. The monoisotopic (exact) mass is 409 g/mol. The second kappa shape index (κ2) is 8.28. The molecule has 0 unspecified atom stereocenters. The number of ketones is 1. The zero-order valence-corrected chi connectivity index (χ0v) is 16.7. The van der Waals surface area contributed by atoms with Gasteiger partial charge >= 0.3 is 5.97 Å². The number of hydrogen-bond acceptors (Lipinski definition) is 5. The lowest BCUT2D eigenvalue weighted by molar-refractivity contribution is 0.0734. The van der Waals surface area contributed by atoms with Gasteiger partial charge in [0.25, 0.3) is 10.0 Å². The number of sulfonamides is 1. The van der Waals surface area contributed by atoms with Crippen LogP contribution in [0, 0.1) is 0 Å². The molecule has 0 radical (unpaired) electrons. The first-order valence-electron chi connectivity index (χ1n) is 8.76. The summed E-state index contributed by atoms with van der Waals surface area (Å²) >= 11 is 0. The highest BCUT2D eigenvalue weighted by atomic mass is 32.2. The standard InChI is InChI=1S/C22H19NO5S/c1-16(24)17-8-12-20(13-9-17)28-22(25)18-10-14-21(15-11-18)29(26,27)23(2)19-6-4-3-5-7-19/h3-15H,1-2H3. The highest BCUT2D eigenvalue weighted by Gasteiger charge is 2.21. The molecule has 0 aliphatic heterocycles. The van der Waals surface area contributed by atoms with E-state index in [1.54, 1.807) is 42.5 Å². The molecule has 29 heavy (non-hydrogen) atoms. The fourth-order valence-corrected chi connectivity index (χ4v) is 3.82. The molecule has 3 rings (SSSR count). The predicted molar refractivity (Wildman–Crippen MR) is 110 cm³/mol. The molecule has 0 atom stereocenters. The number of anilines is 1. The normalized spacial score (nSPS) is 11.0. The minimum absolute atomic E-state index is 0.0613. The molecule has 0 bridgehead atoms. The van der Waals surface area contributed by atoms with E-state index >= 15 is 0 Å². The molecule has 0 N–H and O–H groups in total. The van der Waals surface area contributed by atoms with Gasteiger partial charge < -0.3 is 4.74 Å². The van der Waals surface area contributed by atoms with Crippen LogP contribution in [0.3, 0.4) is 0 Å². The molecule has 7 heteroatoms. The van der Waals surface area contributed by atoms with Gasteiger partial charge in [-0.1, -0.05) is 18.2 Å². The zero-order valence-electron chi connectivity index (χ0n) is 15.9. The second-order valence-electron chi connectivity index (χ2n) is 6.30. The molecule has 148 valence electrons. The number of hydrogen-bond donors (Lipinski definition) is 0. The Labute approximate surface area is 169 Å². The topological polar surface area (TPSA) is 80.8 Å². The van der Waals surface area contributed by atoms with Crippen LogP contribution in [0.25, 0.3) is 0 Å². The predicted octanol–water partition coefficient (Wildman–Crippen LogP) is 3.93. The lowest BCUT2D eigenvalue weighted by Gasteiger charge is -2.19. The minimum atomic E-state index is -3.76. The fraction of sp³-hybridized carbons (Fsp3) is 0.0909. The number of ether oxygens (including phenoxy) is 1. The molecule has 0 fully saturated rings. The number of carbonyl (C=O) groups is 2. The van der Waals surface area contributed by atoms with Crippen molar-refractivity contribution < 1.29 is 22.7 Å². The SMILES string of the molecule is CC(=O)c1ccc(OC(=O)c2ccc(S(=O)(=O)N(C)c3ccccc3)cc2)cc1. The minimum Gasteiger partial charge on any atom is -0.423 e. The largest absolute Gasteiger partial charge is 0.423 e. The molecule has 0 aliphatic rings. The molecule has 0 saturated heterocycles. The number of rotatable bonds is 6. The Kier molecular flexibility index (Phi) is 5.79. The summed E-state index contributed by atoms with van der Waals surface area (Å²) in [6.07, 6.45) is 0. The van der Waals surface area contributed by atoms with Crippen LogP contribution >= 0.6 is 0 Å². The first-order valence-corrected chi connectivity index (χ1v) is 10.2. The van der Waals surface area contributed by atoms with Crippen molar-refractivity contribution in [3.63, 3.8) is 0 Å². The fourth-order valence-electron chi connectivity index (χ4n) is 2.62. The van der Waals surface area contributed by atoms with Gasteiger partial charge in [0.05, 0.1) is 16.1 Å². The van der Waals surface area contributed by atoms with Crippen molar-refractivity contribution in [3.05, 3.63) is 90.0 Å². The van der Waals surface area contributed by atoms with Crippen molar-refractivity contribution in [2.45, 2.75) is 11.8 Å². The van der Waals surface area contributed by atoms with Gasteiger partial charge in [0.1, 0.15) is 5.75 Å². The Morgan fingerprint density at radius 1 is 0.793 bits per heavy atom. The second-order valence-corrected chi connectivity index (χ2v) is 8.27. The highest BCUT2D eigenvalue weighted by Crippen LogP contribution is 2.22. The number of benzene rings is 3. The van der Waals surface area contributed by atoms with Crippen LogP contribution in [0.5, 0.6) is 5.75 Å². The van der Waals surface area contributed by atoms with Crippen molar-refractivity contribution in [3.8, 4) is 5.75 Å². The summed E-state index contributed by atoms with van der Waals surface area (Å²) in [5, 5.41) is 0. The maximum Gasteiger partial charge on any atom is 0.343 e. The van der Waals surface area contributed by atoms with Gasteiger partial charge in [-0.15, -0.1) is 0 Å². The number of Topliss-reactive ketones (excluding diaryl/α,β-unsaturated/α-hetero) is 1. The van der Waals surface area contributed by atoms with Crippen molar-refractivity contribution in [2.75, 3.05) is 11.4 Å². The van der Waals surface area contributed by atoms with E-state index in [1.165, 1.54) is 54.7 Å². The number of carbonyl (C=O) groups excluding carboxylic acids is 2. The van der Waals surface area contributed by atoms with Crippen LogP contribution in [-0.4, -0.2) is 27.2 Å². The van der Waals surface area contributed by atoms with Crippen molar-refractivity contribution >= 4 is 27.5 Å². The summed E-state index contributed by atoms with van der Waals surface area (Å²) in [5.41, 5.74) is 1.26. The van der Waals surface area contributed by atoms with E-state index < -0.39 is 16.0 Å². The number of para-hydroxylation sites is 1. The molecular formula is C22H19NO5S. The van der Waals surface area contributed by atoms with E-state index in [9.17, 15) is 18.0 Å². The average molecular weight is 409 g/mol. The smallest absolute Gasteiger partial charge is 0.343 e. The van der Waals surface area contributed by atoms with Crippen LogP contribution in [0.15, 0.2) is 83.8 Å². The van der Waals surface area contributed by atoms with Gasteiger partial charge in [-0.3, -0.25) is 9.10 Å².